The van der Waals surface area contributed by atoms with Crippen molar-refractivity contribution in [2.24, 2.45) is 0 Å². The summed E-state index contributed by atoms with van der Waals surface area (Å²) in [5, 5.41) is 2.76. The predicted molar refractivity (Wildman–Crippen MR) is 90.1 cm³/mol. The minimum atomic E-state index is -0.243. The summed E-state index contributed by atoms with van der Waals surface area (Å²) in [6.45, 7) is -0.0629. The third-order valence-corrected chi connectivity index (χ3v) is 3.31. The van der Waals surface area contributed by atoms with E-state index in [9.17, 15) is 9.59 Å². The molecule has 1 amide bonds. The molecule has 2 aromatic carbocycles. The molecule has 5 heteroatoms. The Hall–Kier alpha value is -3.34. The Bertz CT molecular complexity index is 822. The molecule has 1 heterocycles. The number of hydrogen-bond acceptors (Lipinski definition) is 4. The third kappa shape index (κ3) is 3.89. The van der Waals surface area contributed by atoms with Crippen LogP contribution in [0, 0.1) is 0 Å². The smallest absolute Gasteiger partial charge is 0.262 e. The molecule has 1 N–H and O–H groups in total. The lowest BCUT2D eigenvalue weighted by atomic mass is 10.1. The summed E-state index contributed by atoms with van der Waals surface area (Å²) in [7, 11) is 0. The topological polar surface area (TPSA) is 68.5 Å². The van der Waals surface area contributed by atoms with Gasteiger partial charge in [-0.25, -0.2) is 0 Å². The summed E-state index contributed by atoms with van der Waals surface area (Å²) in [5.74, 6) is 1.28. The summed E-state index contributed by atoms with van der Waals surface area (Å²) in [4.78, 5) is 22.5. The van der Waals surface area contributed by atoms with Gasteiger partial charge in [-0.1, -0.05) is 18.2 Å². The number of aldehydes is 1. The molecule has 0 radical (unpaired) electrons. The van der Waals surface area contributed by atoms with Crippen molar-refractivity contribution in [2.75, 3.05) is 11.9 Å². The van der Waals surface area contributed by atoms with Gasteiger partial charge in [0.15, 0.2) is 18.7 Å². The molecule has 0 aliphatic heterocycles. The van der Waals surface area contributed by atoms with Gasteiger partial charge in [0.2, 0.25) is 0 Å². The van der Waals surface area contributed by atoms with Crippen LogP contribution in [-0.4, -0.2) is 18.8 Å². The number of amides is 1. The van der Waals surface area contributed by atoms with Crippen LogP contribution in [0.3, 0.4) is 0 Å². The number of ether oxygens (including phenoxy) is 1. The number of furan rings is 1. The molecule has 3 rings (SSSR count). The molecule has 0 aliphatic carbocycles. The van der Waals surface area contributed by atoms with Crippen LogP contribution in [0.1, 0.15) is 10.6 Å². The molecular formula is C19H15NO4. The minimum absolute atomic E-state index is 0.0629. The first-order valence-corrected chi connectivity index (χ1v) is 7.38. The van der Waals surface area contributed by atoms with Gasteiger partial charge in [-0.3, -0.25) is 9.59 Å². The van der Waals surface area contributed by atoms with Gasteiger partial charge < -0.3 is 14.5 Å². The van der Waals surface area contributed by atoms with Gasteiger partial charge in [-0.15, -0.1) is 0 Å². The zero-order valence-corrected chi connectivity index (χ0v) is 12.8. The molecular weight excluding hydrogens is 306 g/mol. The monoisotopic (exact) mass is 321 g/mol. The van der Waals surface area contributed by atoms with Crippen LogP contribution in [0.15, 0.2) is 71.1 Å². The largest absolute Gasteiger partial charge is 0.484 e. The fourth-order valence-corrected chi connectivity index (χ4v) is 2.15. The molecule has 0 saturated carbocycles. The SMILES string of the molecule is O=Cc1ccc(-c2ccc(NC(=O)COc3ccccc3)cc2)o1. The fourth-order valence-electron chi connectivity index (χ4n) is 2.15. The lowest BCUT2D eigenvalue weighted by Gasteiger charge is -2.07. The Balaban J connectivity index is 1.57. The second-order valence-electron chi connectivity index (χ2n) is 5.05. The molecule has 0 fully saturated rings. The van der Waals surface area contributed by atoms with E-state index in [1.165, 1.54) is 0 Å². The number of carbonyl (C=O) groups is 2. The number of para-hydroxylation sites is 1. The molecule has 24 heavy (non-hydrogen) atoms. The van der Waals surface area contributed by atoms with Crippen LogP contribution < -0.4 is 10.1 Å². The van der Waals surface area contributed by atoms with Gasteiger partial charge in [0.05, 0.1) is 0 Å². The number of nitrogens with one attached hydrogen (secondary N) is 1. The molecule has 1 aromatic heterocycles. The number of anilines is 1. The van der Waals surface area contributed by atoms with Crippen LogP contribution in [0.4, 0.5) is 5.69 Å². The van der Waals surface area contributed by atoms with Gasteiger partial charge in [0.1, 0.15) is 11.5 Å². The van der Waals surface area contributed by atoms with Crippen molar-refractivity contribution < 1.29 is 18.7 Å². The van der Waals surface area contributed by atoms with E-state index in [-0.39, 0.29) is 18.3 Å². The Morgan fingerprint density at radius 3 is 2.42 bits per heavy atom. The molecule has 0 aliphatic rings. The highest BCUT2D eigenvalue weighted by Gasteiger charge is 2.06. The van der Waals surface area contributed by atoms with E-state index < -0.39 is 0 Å². The van der Waals surface area contributed by atoms with Crippen LogP contribution >= 0.6 is 0 Å². The molecule has 0 bridgehead atoms. The van der Waals surface area contributed by atoms with Crippen molar-refractivity contribution in [2.45, 2.75) is 0 Å². The van der Waals surface area contributed by atoms with Crippen LogP contribution in [-0.2, 0) is 4.79 Å². The zero-order valence-electron chi connectivity index (χ0n) is 12.8. The average molecular weight is 321 g/mol. The Morgan fingerprint density at radius 2 is 1.75 bits per heavy atom. The van der Waals surface area contributed by atoms with Crippen LogP contribution in [0.25, 0.3) is 11.3 Å². The highest BCUT2D eigenvalue weighted by molar-refractivity contribution is 5.92. The molecule has 0 saturated heterocycles. The average Bonchev–Trinajstić information content (AvgIpc) is 3.11. The third-order valence-electron chi connectivity index (χ3n) is 3.31. The van der Waals surface area contributed by atoms with Crippen molar-refractivity contribution in [3.8, 4) is 17.1 Å². The first kappa shape index (κ1) is 15.6. The molecule has 3 aromatic rings. The zero-order chi connectivity index (χ0) is 16.8. The van der Waals surface area contributed by atoms with E-state index >= 15 is 0 Å². The van der Waals surface area contributed by atoms with Crippen molar-refractivity contribution in [3.05, 3.63) is 72.5 Å². The van der Waals surface area contributed by atoms with E-state index in [1.807, 2.05) is 18.2 Å². The van der Waals surface area contributed by atoms with E-state index in [4.69, 9.17) is 9.15 Å². The second kappa shape index (κ2) is 7.28. The standard InChI is InChI=1S/C19H15NO4/c21-12-17-10-11-18(24-17)14-6-8-15(9-7-14)20-19(22)13-23-16-4-2-1-3-5-16/h1-12H,13H2,(H,20,22). The van der Waals surface area contributed by atoms with E-state index in [1.54, 1.807) is 48.5 Å². The van der Waals surface area contributed by atoms with Gasteiger partial charge in [0.25, 0.3) is 5.91 Å². The first-order valence-electron chi connectivity index (χ1n) is 7.38. The summed E-state index contributed by atoms with van der Waals surface area (Å²) in [6.07, 6.45) is 0.658. The van der Waals surface area contributed by atoms with E-state index in [2.05, 4.69) is 5.32 Å². The van der Waals surface area contributed by atoms with Crippen molar-refractivity contribution in [1.29, 1.82) is 0 Å². The minimum Gasteiger partial charge on any atom is -0.484 e. The van der Waals surface area contributed by atoms with Crippen molar-refractivity contribution >= 4 is 17.9 Å². The Morgan fingerprint density at radius 1 is 1.00 bits per heavy atom. The highest BCUT2D eigenvalue weighted by atomic mass is 16.5. The first-order chi connectivity index (χ1) is 11.7. The summed E-state index contributed by atoms with van der Waals surface area (Å²) < 4.78 is 10.7. The number of rotatable bonds is 6. The van der Waals surface area contributed by atoms with Crippen LogP contribution in [0.2, 0.25) is 0 Å². The predicted octanol–water partition coefficient (Wildman–Crippen LogP) is 3.78. The molecule has 120 valence electrons. The van der Waals surface area contributed by atoms with Crippen molar-refractivity contribution in [1.82, 2.24) is 0 Å². The summed E-state index contributed by atoms with van der Waals surface area (Å²) in [5.41, 5.74) is 1.48. The van der Waals surface area contributed by atoms with Gasteiger partial charge in [-0.2, -0.15) is 0 Å². The Kier molecular flexibility index (Phi) is 4.72. The lowest BCUT2D eigenvalue weighted by Crippen LogP contribution is -2.20. The lowest BCUT2D eigenvalue weighted by molar-refractivity contribution is -0.118. The molecule has 0 unspecified atom stereocenters. The number of benzene rings is 2. The maximum atomic E-state index is 11.9. The fraction of sp³-hybridized carbons (Fsp3) is 0.0526. The second-order valence-corrected chi connectivity index (χ2v) is 5.05. The number of hydrogen-bond donors (Lipinski definition) is 1. The van der Waals surface area contributed by atoms with E-state index in [0.29, 0.717) is 23.5 Å². The molecule has 0 atom stereocenters. The number of carbonyl (C=O) groups excluding carboxylic acids is 2. The molecule has 5 nitrogen and oxygen atoms in total. The maximum absolute atomic E-state index is 11.9. The van der Waals surface area contributed by atoms with Crippen molar-refractivity contribution in [3.63, 3.8) is 0 Å². The van der Waals surface area contributed by atoms with Gasteiger partial charge >= 0.3 is 0 Å². The van der Waals surface area contributed by atoms with Gasteiger partial charge in [0, 0.05) is 11.3 Å². The maximum Gasteiger partial charge on any atom is 0.262 e. The summed E-state index contributed by atoms with van der Waals surface area (Å²) >= 11 is 0. The van der Waals surface area contributed by atoms with Gasteiger partial charge in [-0.05, 0) is 48.5 Å². The highest BCUT2D eigenvalue weighted by Crippen LogP contribution is 2.23. The quantitative estimate of drug-likeness (QED) is 0.702. The molecule has 0 spiro atoms. The van der Waals surface area contributed by atoms with Crippen LogP contribution in [0.5, 0.6) is 5.75 Å². The Labute approximate surface area is 138 Å². The summed E-state index contributed by atoms with van der Waals surface area (Å²) in [6, 6.07) is 19.6. The normalized spacial score (nSPS) is 10.2. The van der Waals surface area contributed by atoms with E-state index in [0.717, 1.165) is 5.56 Å².